The second kappa shape index (κ2) is 4.38. The molecular weight excluding hydrogens is 228 g/mol. The van der Waals surface area contributed by atoms with Crippen LogP contribution in [-0.4, -0.2) is 56.5 Å². The van der Waals surface area contributed by atoms with Crippen molar-refractivity contribution in [1.82, 2.24) is 0 Å². The van der Waals surface area contributed by atoms with Crippen molar-refractivity contribution in [2.75, 3.05) is 21.3 Å². The molecule has 0 saturated heterocycles. The number of aliphatic hydroxyl groups excluding tert-OH is 1. The molecule has 0 radical (unpaired) electrons. The molecule has 96 valence electrons. The lowest BCUT2D eigenvalue weighted by Gasteiger charge is -2.43. The van der Waals surface area contributed by atoms with Gasteiger partial charge in [0.15, 0.2) is 0 Å². The maximum absolute atomic E-state index is 11.3. The number of aliphatic hydroxyl groups is 1. The first-order chi connectivity index (χ1) is 8.07. The maximum atomic E-state index is 11.3. The van der Waals surface area contributed by atoms with Gasteiger partial charge in [-0.05, 0) is 0 Å². The molecule has 1 saturated carbocycles. The van der Waals surface area contributed by atoms with E-state index in [2.05, 4.69) is 0 Å². The van der Waals surface area contributed by atoms with Crippen molar-refractivity contribution in [3.05, 3.63) is 11.6 Å². The topological polar surface area (TPSA) is 74.2 Å². The van der Waals surface area contributed by atoms with Crippen LogP contribution in [0.1, 0.15) is 6.42 Å². The summed E-state index contributed by atoms with van der Waals surface area (Å²) in [5.41, 5.74) is 0.394. The molecule has 6 heteroatoms. The monoisotopic (exact) mass is 244 g/mol. The normalized spacial score (nSPS) is 40.8. The van der Waals surface area contributed by atoms with Crippen molar-refractivity contribution in [3.63, 3.8) is 0 Å². The van der Waals surface area contributed by atoms with Crippen molar-refractivity contribution < 1.29 is 28.8 Å². The van der Waals surface area contributed by atoms with E-state index in [1.165, 1.54) is 27.4 Å². The van der Waals surface area contributed by atoms with Crippen molar-refractivity contribution in [2.24, 2.45) is 0 Å². The Morgan fingerprint density at radius 3 is 2.65 bits per heavy atom. The first-order valence-electron chi connectivity index (χ1n) is 5.32. The van der Waals surface area contributed by atoms with Crippen LogP contribution < -0.4 is 0 Å². The third-order valence-electron chi connectivity index (χ3n) is 3.35. The molecule has 0 amide bonds. The van der Waals surface area contributed by atoms with Crippen molar-refractivity contribution in [2.45, 2.75) is 30.5 Å². The highest BCUT2D eigenvalue weighted by Crippen LogP contribution is 2.42. The Balaban J connectivity index is 2.36. The minimum absolute atomic E-state index is 0.299. The number of esters is 1. The molecule has 0 aromatic carbocycles. The number of hydrogen-bond donors (Lipinski definition) is 1. The number of rotatable bonds is 3. The zero-order valence-electron chi connectivity index (χ0n) is 10.0. The third-order valence-corrected chi connectivity index (χ3v) is 3.35. The molecular formula is C11H16O6. The fourth-order valence-electron chi connectivity index (χ4n) is 2.46. The van der Waals surface area contributed by atoms with E-state index in [-0.39, 0.29) is 0 Å². The molecule has 0 aromatic rings. The second-order valence-corrected chi connectivity index (χ2v) is 4.10. The standard InChI is InChI=1S/C11H16O6/c1-14-7-5-11(16-3)6(4-8(12)17-11)9(13)10(7)15-2/h4,7,9-10,13H,5H2,1-3H3/t7-,9+,10+,11+/m0/s1. The van der Waals surface area contributed by atoms with Crippen molar-refractivity contribution in [3.8, 4) is 0 Å². The highest BCUT2D eigenvalue weighted by atomic mass is 16.7. The number of hydrogen-bond acceptors (Lipinski definition) is 6. The first-order valence-corrected chi connectivity index (χ1v) is 5.32. The van der Waals surface area contributed by atoms with Gasteiger partial charge in [-0.2, -0.15) is 0 Å². The van der Waals surface area contributed by atoms with Crippen LogP contribution in [0.3, 0.4) is 0 Å². The van der Waals surface area contributed by atoms with Crippen LogP contribution in [-0.2, 0) is 23.7 Å². The summed E-state index contributed by atoms with van der Waals surface area (Å²) in [7, 11) is 4.43. The van der Waals surface area contributed by atoms with Crippen LogP contribution in [0.25, 0.3) is 0 Å². The zero-order valence-corrected chi connectivity index (χ0v) is 10.0. The van der Waals surface area contributed by atoms with Gasteiger partial charge in [0.25, 0.3) is 0 Å². The third kappa shape index (κ3) is 1.77. The Morgan fingerprint density at radius 2 is 2.12 bits per heavy atom. The fourth-order valence-corrected chi connectivity index (χ4v) is 2.46. The average Bonchev–Trinajstić information content (AvgIpc) is 2.66. The highest BCUT2D eigenvalue weighted by molar-refractivity contribution is 5.87. The molecule has 1 fully saturated rings. The summed E-state index contributed by atoms with van der Waals surface area (Å²) in [6.45, 7) is 0. The fraction of sp³-hybridized carbons (Fsp3) is 0.727. The summed E-state index contributed by atoms with van der Waals surface area (Å²) in [4.78, 5) is 11.3. The molecule has 1 N–H and O–H groups in total. The summed E-state index contributed by atoms with van der Waals surface area (Å²) >= 11 is 0. The summed E-state index contributed by atoms with van der Waals surface area (Å²) in [6.07, 6.45) is -0.369. The minimum atomic E-state index is -1.22. The van der Waals surface area contributed by atoms with Crippen LogP contribution in [0.5, 0.6) is 0 Å². The smallest absolute Gasteiger partial charge is 0.333 e. The Kier molecular flexibility index (Phi) is 3.22. The lowest BCUT2D eigenvalue weighted by atomic mass is 9.82. The lowest BCUT2D eigenvalue weighted by Crippen LogP contribution is -2.56. The number of ether oxygens (including phenoxy) is 4. The highest BCUT2D eigenvalue weighted by Gasteiger charge is 2.56. The van der Waals surface area contributed by atoms with E-state index in [4.69, 9.17) is 18.9 Å². The molecule has 4 atom stereocenters. The largest absolute Gasteiger partial charge is 0.426 e. The zero-order chi connectivity index (χ0) is 12.6. The van der Waals surface area contributed by atoms with Gasteiger partial charge < -0.3 is 24.1 Å². The SMILES string of the molecule is CO[C@@H]1[C@@H](OC)C[C@@]2(OC)OC(=O)C=C2[C@H]1O. The van der Waals surface area contributed by atoms with E-state index in [9.17, 15) is 9.90 Å². The van der Waals surface area contributed by atoms with E-state index in [0.717, 1.165) is 0 Å². The van der Waals surface area contributed by atoms with Gasteiger partial charge in [0.05, 0.1) is 6.10 Å². The summed E-state index contributed by atoms with van der Waals surface area (Å²) in [5.74, 6) is -1.74. The molecule has 17 heavy (non-hydrogen) atoms. The lowest BCUT2D eigenvalue weighted by molar-refractivity contribution is -0.234. The Bertz CT molecular complexity index is 352. The van der Waals surface area contributed by atoms with Crippen LogP contribution in [0.4, 0.5) is 0 Å². The van der Waals surface area contributed by atoms with Gasteiger partial charge in [0.1, 0.15) is 12.2 Å². The van der Waals surface area contributed by atoms with E-state index >= 15 is 0 Å². The molecule has 0 unspecified atom stereocenters. The van der Waals surface area contributed by atoms with Crippen LogP contribution in [0.2, 0.25) is 0 Å². The quantitative estimate of drug-likeness (QED) is 0.681. The van der Waals surface area contributed by atoms with Crippen LogP contribution >= 0.6 is 0 Å². The average molecular weight is 244 g/mol. The molecule has 0 aromatic heterocycles. The Morgan fingerprint density at radius 1 is 1.41 bits per heavy atom. The molecule has 1 heterocycles. The number of carbonyl (C=O) groups is 1. The van der Waals surface area contributed by atoms with Gasteiger partial charge in [-0.15, -0.1) is 0 Å². The van der Waals surface area contributed by atoms with Gasteiger partial charge in [-0.1, -0.05) is 0 Å². The Labute approximate surface area is 99.1 Å². The number of methoxy groups -OCH3 is 3. The predicted molar refractivity (Wildman–Crippen MR) is 56.1 cm³/mol. The molecule has 1 aliphatic carbocycles. The van der Waals surface area contributed by atoms with E-state index < -0.39 is 30.1 Å². The van der Waals surface area contributed by atoms with Crippen molar-refractivity contribution >= 4 is 5.97 Å². The first kappa shape index (κ1) is 12.5. The summed E-state index contributed by atoms with van der Waals surface area (Å²) in [6, 6.07) is 0. The van der Waals surface area contributed by atoms with E-state index in [0.29, 0.717) is 12.0 Å². The summed E-state index contributed by atoms with van der Waals surface area (Å²) in [5, 5.41) is 10.2. The molecule has 0 spiro atoms. The summed E-state index contributed by atoms with van der Waals surface area (Å²) < 4.78 is 20.9. The van der Waals surface area contributed by atoms with Crippen LogP contribution in [0, 0.1) is 0 Å². The Hall–Kier alpha value is -0.950. The van der Waals surface area contributed by atoms with Crippen molar-refractivity contribution in [1.29, 1.82) is 0 Å². The molecule has 6 nitrogen and oxygen atoms in total. The minimum Gasteiger partial charge on any atom is -0.426 e. The molecule has 0 bridgehead atoms. The predicted octanol–water partition coefficient (Wildman–Crippen LogP) is -0.393. The molecule has 1 aliphatic heterocycles. The number of fused-ring (bicyclic) bond motifs is 1. The number of carbonyl (C=O) groups excluding carboxylic acids is 1. The van der Waals surface area contributed by atoms with Gasteiger partial charge in [-0.3, -0.25) is 0 Å². The maximum Gasteiger partial charge on any atom is 0.333 e. The van der Waals surface area contributed by atoms with Crippen LogP contribution in [0.15, 0.2) is 11.6 Å². The van der Waals surface area contributed by atoms with E-state index in [1.807, 2.05) is 0 Å². The molecule has 2 rings (SSSR count). The van der Waals surface area contributed by atoms with E-state index in [1.54, 1.807) is 0 Å². The van der Waals surface area contributed by atoms with Gasteiger partial charge in [-0.25, -0.2) is 4.79 Å². The van der Waals surface area contributed by atoms with Gasteiger partial charge in [0.2, 0.25) is 5.79 Å². The van der Waals surface area contributed by atoms with Gasteiger partial charge in [0, 0.05) is 39.4 Å². The molecule has 2 aliphatic rings. The second-order valence-electron chi connectivity index (χ2n) is 4.10. The van der Waals surface area contributed by atoms with Gasteiger partial charge >= 0.3 is 5.97 Å².